The summed E-state index contributed by atoms with van der Waals surface area (Å²) in [6.45, 7) is 0. The fraction of sp³-hybridized carbons (Fsp3) is 0. The number of urea groups is 1. The maximum Gasteiger partial charge on any atom is 0.333 e. The van der Waals surface area contributed by atoms with Crippen molar-refractivity contribution in [1.82, 2.24) is 5.32 Å². The van der Waals surface area contributed by atoms with Gasteiger partial charge in [0.25, 0.3) is 5.91 Å². The van der Waals surface area contributed by atoms with Gasteiger partial charge in [0.1, 0.15) is 11.4 Å². The molecule has 0 aliphatic carbocycles. The van der Waals surface area contributed by atoms with Crippen LogP contribution in [-0.4, -0.2) is 17.0 Å². The molecule has 1 saturated heterocycles. The summed E-state index contributed by atoms with van der Waals surface area (Å²) in [6.07, 6.45) is 1.47. The van der Waals surface area contributed by atoms with Gasteiger partial charge in [-0.05, 0) is 87.7 Å². The summed E-state index contributed by atoms with van der Waals surface area (Å²) < 4.78 is 1.57. The summed E-state index contributed by atoms with van der Waals surface area (Å²) in [7, 11) is 0. The molecule has 1 fully saturated rings. The van der Waals surface area contributed by atoms with Gasteiger partial charge in [0, 0.05) is 14.2 Å². The fourth-order valence-corrected chi connectivity index (χ4v) is 4.23. The van der Waals surface area contributed by atoms with Gasteiger partial charge in [0.2, 0.25) is 0 Å². The second kappa shape index (κ2) is 6.89. The highest BCUT2D eigenvalue weighted by atomic mass is 127. The van der Waals surface area contributed by atoms with Crippen LogP contribution in [-0.2, 0) is 4.79 Å². The van der Waals surface area contributed by atoms with Crippen molar-refractivity contribution in [2.75, 3.05) is 4.90 Å². The number of nitrogens with one attached hydrogen (secondary N) is 1. The highest BCUT2D eigenvalue weighted by molar-refractivity contribution is 14.1. The van der Waals surface area contributed by atoms with Gasteiger partial charge < -0.3 is 10.4 Å². The van der Waals surface area contributed by atoms with Crippen LogP contribution in [0.5, 0.6) is 5.75 Å². The molecule has 2 N–H and O–H groups in total. The zero-order chi connectivity index (χ0) is 17.4. The van der Waals surface area contributed by atoms with Crippen LogP contribution < -0.4 is 10.2 Å². The number of hydrogen-bond acceptors (Lipinski definition) is 3. The summed E-state index contributed by atoms with van der Waals surface area (Å²) in [6, 6.07) is 9.39. The number of anilines is 1. The molecule has 1 aliphatic rings. The van der Waals surface area contributed by atoms with E-state index in [0.717, 1.165) is 8.47 Å². The molecule has 0 atom stereocenters. The van der Waals surface area contributed by atoms with Gasteiger partial charge in [-0.2, -0.15) is 0 Å². The number of carbonyl (C=O) groups is 2. The van der Waals surface area contributed by atoms with Crippen molar-refractivity contribution >= 4 is 80.5 Å². The molecule has 2 aromatic carbocycles. The van der Waals surface area contributed by atoms with Crippen molar-refractivity contribution in [1.29, 1.82) is 0 Å². The lowest BCUT2D eigenvalue weighted by molar-refractivity contribution is -0.113. The Morgan fingerprint density at radius 2 is 1.79 bits per heavy atom. The highest BCUT2D eigenvalue weighted by Crippen LogP contribution is 2.30. The van der Waals surface area contributed by atoms with Crippen molar-refractivity contribution in [2.45, 2.75) is 0 Å². The molecule has 5 nitrogen and oxygen atoms in total. The van der Waals surface area contributed by atoms with Crippen LogP contribution in [0.1, 0.15) is 5.56 Å². The van der Waals surface area contributed by atoms with Crippen LogP contribution in [0.4, 0.5) is 10.5 Å². The van der Waals surface area contributed by atoms with Gasteiger partial charge in [0.05, 0.1) is 9.26 Å². The molecule has 0 aromatic heterocycles. The van der Waals surface area contributed by atoms with E-state index >= 15 is 0 Å². The first kappa shape index (κ1) is 17.5. The lowest BCUT2D eigenvalue weighted by Crippen LogP contribution is -2.30. The monoisotopic (exact) mass is 566 g/mol. The zero-order valence-corrected chi connectivity index (χ0v) is 17.0. The normalized spacial score (nSPS) is 16.0. The number of phenolic OH excluding ortho intramolecular Hbond substituents is 1. The first-order valence-corrected chi connectivity index (χ1v) is 9.21. The lowest BCUT2D eigenvalue weighted by atomic mass is 10.1. The first-order valence-electron chi connectivity index (χ1n) is 6.67. The Hall–Kier alpha value is -1.33. The second-order valence-electron chi connectivity index (χ2n) is 4.93. The fourth-order valence-electron chi connectivity index (χ4n) is 2.21. The van der Waals surface area contributed by atoms with Crippen LogP contribution in [0.15, 0.2) is 42.1 Å². The van der Waals surface area contributed by atoms with E-state index in [4.69, 9.17) is 11.6 Å². The minimum absolute atomic E-state index is 0.0653. The van der Waals surface area contributed by atoms with Crippen LogP contribution >= 0.6 is 56.8 Å². The van der Waals surface area contributed by atoms with Crippen molar-refractivity contribution in [2.24, 2.45) is 0 Å². The third-order valence-corrected chi connectivity index (χ3v) is 5.02. The van der Waals surface area contributed by atoms with E-state index in [1.54, 1.807) is 30.3 Å². The van der Waals surface area contributed by atoms with E-state index in [1.165, 1.54) is 6.08 Å². The summed E-state index contributed by atoms with van der Waals surface area (Å²) in [4.78, 5) is 25.7. The maximum atomic E-state index is 12.5. The molecule has 3 rings (SSSR count). The molecular weight excluding hydrogens is 557 g/mol. The Kier molecular flexibility index (Phi) is 5.02. The van der Waals surface area contributed by atoms with Crippen LogP contribution in [0.3, 0.4) is 0 Å². The predicted molar refractivity (Wildman–Crippen MR) is 109 cm³/mol. The first-order chi connectivity index (χ1) is 11.4. The minimum Gasteiger partial charge on any atom is -0.506 e. The van der Waals surface area contributed by atoms with E-state index in [2.05, 4.69) is 27.9 Å². The molecule has 0 unspecified atom stereocenters. The van der Waals surface area contributed by atoms with E-state index in [1.807, 2.05) is 28.7 Å². The molecule has 122 valence electrons. The lowest BCUT2D eigenvalue weighted by Gasteiger charge is -2.11. The Morgan fingerprint density at radius 1 is 1.12 bits per heavy atom. The van der Waals surface area contributed by atoms with E-state index in [9.17, 15) is 14.7 Å². The number of carbonyl (C=O) groups excluding carboxylic acids is 2. The molecular formula is C16H9ClI2N2O3. The van der Waals surface area contributed by atoms with Crippen LogP contribution in [0, 0.1) is 7.14 Å². The summed E-state index contributed by atoms with van der Waals surface area (Å²) in [5, 5.41) is 13.2. The van der Waals surface area contributed by atoms with Crippen molar-refractivity contribution in [3.8, 4) is 5.75 Å². The number of hydrogen-bond donors (Lipinski definition) is 2. The number of phenols is 1. The van der Waals surface area contributed by atoms with Gasteiger partial charge >= 0.3 is 6.03 Å². The average Bonchev–Trinajstić information content (AvgIpc) is 2.80. The molecule has 24 heavy (non-hydrogen) atoms. The van der Waals surface area contributed by atoms with Crippen molar-refractivity contribution < 1.29 is 14.7 Å². The van der Waals surface area contributed by atoms with E-state index in [0.29, 0.717) is 19.8 Å². The van der Waals surface area contributed by atoms with Crippen LogP contribution in [0.2, 0.25) is 5.02 Å². The number of benzene rings is 2. The Bertz CT molecular complexity index is 882. The summed E-state index contributed by atoms with van der Waals surface area (Å²) in [5.74, 6) is -0.425. The maximum absolute atomic E-state index is 12.5. The van der Waals surface area contributed by atoms with Crippen molar-refractivity contribution in [3.63, 3.8) is 0 Å². The molecule has 2 aromatic rings. The minimum atomic E-state index is -0.548. The van der Waals surface area contributed by atoms with Gasteiger partial charge in [-0.1, -0.05) is 11.6 Å². The largest absolute Gasteiger partial charge is 0.506 e. The highest BCUT2D eigenvalue weighted by Gasteiger charge is 2.35. The number of rotatable bonds is 2. The third kappa shape index (κ3) is 3.38. The molecule has 0 spiro atoms. The van der Waals surface area contributed by atoms with Crippen LogP contribution in [0.25, 0.3) is 6.08 Å². The van der Waals surface area contributed by atoms with E-state index < -0.39 is 11.9 Å². The van der Waals surface area contributed by atoms with Crippen molar-refractivity contribution in [3.05, 3.63) is 59.8 Å². The second-order valence-corrected chi connectivity index (χ2v) is 7.77. The van der Waals surface area contributed by atoms with Gasteiger partial charge in [-0.15, -0.1) is 0 Å². The third-order valence-electron chi connectivity index (χ3n) is 3.32. The Balaban J connectivity index is 1.98. The molecule has 3 amide bonds. The smallest absolute Gasteiger partial charge is 0.333 e. The average molecular weight is 567 g/mol. The number of nitrogens with zero attached hydrogens (tertiary/aromatic N) is 1. The Labute approximate surface area is 170 Å². The SMILES string of the molecule is O=C1N/C(=C/c2cc(I)cc(I)c2O)C(=O)N1c1ccc(Cl)cc1. The summed E-state index contributed by atoms with van der Waals surface area (Å²) >= 11 is 9.96. The van der Waals surface area contributed by atoms with Gasteiger partial charge in [0.15, 0.2) is 0 Å². The standard InChI is InChI=1S/C16H9ClI2N2O3/c17-9-1-3-11(4-2-9)21-15(23)13(20-16(21)24)6-8-5-10(18)7-12(19)14(8)22/h1-7,22H,(H,20,24)/b13-6+. The topological polar surface area (TPSA) is 69.6 Å². The van der Waals surface area contributed by atoms with Gasteiger partial charge in [-0.3, -0.25) is 4.79 Å². The van der Waals surface area contributed by atoms with E-state index in [-0.39, 0.29) is 11.4 Å². The molecule has 0 radical (unpaired) electrons. The zero-order valence-electron chi connectivity index (χ0n) is 11.9. The Morgan fingerprint density at radius 3 is 2.46 bits per heavy atom. The molecule has 8 heteroatoms. The number of aromatic hydroxyl groups is 1. The summed E-state index contributed by atoms with van der Waals surface area (Å²) in [5.41, 5.74) is 0.989. The number of imide groups is 1. The predicted octanol–water partition coefficient (Wildman–Crippen LogP) is 4.35. The molecule has 0 saturated carbocycles. The van der Waals surface area contributed by atoms with Gasteiger partial charge in [-0.25, -0.2) is 9.69 Å². The molecule has 1 aliphatic heterocycles. The number of amides is 3. The molecule has 0 bridgehead atoms. The number of halogens is 3. The quantitative estimate of drug-likeness (QED) is 0.323. The molecule has 1 heterocycles.